The molecule has 1 N–H and O–H groups in total. The van der Waals surface area contributed by atoms with Gasteiger partial charge in [-0.25, -0.2) is 0 Å². The monoisotopic (exact) mass is 361 g/mol. The summed E-state index contributed by atoms with van der Waals surface area (Å²) < 4.78 is 49.5. The first-order chi connectivity index (χ1) is 11.3. The van der Waals surface area contributed by atoms with Crippen LogP contribution in [0.4, 0.5) is 18.9 Å². The predicted molar refractivity (Wildman–Crippen MR) is 78.2 cm³/mol. The largest absolute Gasteiger partial charge is 0.454 e. The molecule has 6 nitrogen and oxygen atoms in total. The summed E-state index contributed by atoms with van der Waals surface area (Å²) in [5, 5.41) is 5.41. The number of halogens is 4. The van der Waals surface area contributed by atoms with E-state index < -0.39 is 29.3 Å². The number of ether oxygens (including phenoxy) is 2. The summed E-state index contributed by atoms with van der Waals surface area (Å²) in [6, 6.07) is 4.77. The number of carbonyl (C=O) groups is 1. The average molecular weight is 362 g/mol. The molecule has 0 aliphatic carbocycles. The third-order valence-corrected chi connectivity index (χ3v) is 3.80. The van der Waals surface area contributed by atoms with Crippen LogP contribution in [0.25, 0.3) is 0 Å². The number of carbonyl (C=O) groups excluding carboxylic acids is 1. The van der Waals surface area contributed by atoms with Gasteiger partial charge in [-0.15, -0.1) is 0 Å². The van der Waals surface area contributed by atoms with Crippen LogP contribution in [0.1, 0.15) is 11.4 Å². The normalized spacial score (nSPS) is 13.2. The zero-order valence-electron chi connectivity index (χ0n) is 12.3. The van der Waals surface area contributed by atoms with Crippen LogP contribution in [-0.2, 0) is 17.5 Å². The van der Waals surface area contributed by atoms with Gasteiger partial charge >= 0.3 is 6.18 Å². The van der Waals surface area contributed by atoms with E-state index in [1.165, 1.54) is 6.92 Å². The van der Waals surface area contributed by atoms with Crippen LogP contribution in [0.15, 0.2) is 18.2 Å². The van der Waals surface area contributed by atoms with Crippen LogP contribution in [0.3, 0.4) is 0 Å². The fraction of sp³-hybridized carbons (Fsp3) is 0.286. The summed E-state index contributed by atoms with van der Waals surface area (Å²) >= 11 is 5.64. The number of nitrogens with zero attached hydrogens (tertiary/aromatic N) is 2. The molecule has 2 aromatic rings. The van der Waals surface area contributed by atoms with Gasteiger partial charge in [0.05, 0.1) is 10.7 Å². The summed E-state index contributed by atoms with van der Waals surface area (Å²) in [6.45, 7) is 1.05. The lowest BCUT2D eigenvalue weighted by molar-refractivity contribution is -0.141. The first-order valence-electron chi connectivity index (χ1n) is 6.75. The van der Waals surface area contributed by atoms with Gasteiger partial charge in [0.2, 0.25) is 12.7 Å². The molecule has 0 fully saturated rings. The van der Waals surface area contributed by atoms with Crippen LogP contribution in [0, 0.1) is 6.92 Å². The molecule has 10 heteroatoms. The molecule has 0 saturated heterocycles. The van der Waals surface area contributed by atoms with Crippen LogP contribution < -0.4 is 14.8 Å². The number of hydrogen-bond donors (Lipinski definition) is 1. The molecule has 24 heavy (non-hydrogen) atoms. The summed E-state index contributed by atoms with van der Waals surface area (Å²) in [7, 11) is 0. The summed E-state index contributed by atoms with van der Waals surface area (Å²) in [5.74, 6) is 0.479. The second kappa shape index (κ2) is 5.90. The highest BCUT2D eigenvalue weighted by molar-refractivity contribution is 6.32. The maximum atomic E-state index is 12.8. The van der Waals surface area contributed by atoms with Crippen molar-refractivity contribution in [1.82, 2.24) is 9.78 Å². The Morgan fingerprint density at radius 2 is 2.08 bits per heavy atom. The molecular formula is C14H11ClF3N3O3. The Morgan fingerprint density at radius 1 is 1.38 bits per heavy atom. The smallest absolute Gasteiger partial charge is 0.436 e. The lowest BCUT2D eigenvalue weighted by atomic mass is 10.3. The Hall–Kier alpha value is -2.42. The zero-order valence-corrected chi connectivity index (χ0v) is 13.0. The fourth-order valence-corrected chi connectivity index (χ4v) is 2.41. The van der Waals surface area contributed by atoms with Gasteiger partial charge in [0.25, 0.3) is 0 Å². The van der Waals surface area contributed by atoms with Crippen molar-refractivity contribution >= 4 is 23.2 Å². The molecule has 3 rings (SSSR count). The van der Waals surface area contributed by atoms with E-state index in [9.17, 15) is 18.0 Å². The number of aromatic nitrogens is 2. The van der Waals surface area contributed by atoms with E-state index in [2.05, 4.69) is 10.4 Å². The van der Waals surface area contributed by atoms with E-state index in [0.29, 0.717) is 17.2 Å². The van der Waals surface area contributed by atoms with E-state index in [1.807, 2.05) is 0 Å². The van der Waals surface area contributed by atoms with Gasteiger partial charge in [0, 0.05) is 11.8 Å². The van der Waals surface area contributed by atoms with Crippen LogP contribution >= 0.6 is 11.6 Å². The number of alkyl halides is 3. The number of benzene rings is 1. The lowest BCUT2D eigenvalue weighted by Gasteiger charge is -2.07. The number of nitrogens with one attached hydrogen (secondary N) is 1. The Morgan fingerprint density at radius 3 is 2.75 bits per heavy atom. The van der Waals surface area contributed by atoms with E-state index in [1.54, 1.807) is 18.2 Å². The molecule has 0 atom stereocenters. The second-order valence-corrected chi connectivity index (χ2v) is 5.40. The Balaban J connectivity index is 1.74. The Bertz CT molecular complexity index is 805. The van der Waals surface area contributed by atoms with Crippen molar-refractivity contribution in [2.24, 2.45) is 0 Å². The summed E-state index contributed by atoms with van der Waals surface area (Å²) in [5.41, 5.74) is -0.724. The van der Waals surface area contributed by atoms with E-state index in [4.69, 9.17) is 21.1 Å². The molecule has 1 aliphatic rings. The standard InChI is InChI=1S/C14H11ClF3N3O3/c1-7-12(15)13(14(16,17)18)20-21(7)5-11(22)19-8-2-3-9-10(4-8)24-6-23-9/h2-4H,5-6H2,1H3,(H,19,22). The second-order valence-electron chi connectivity index (χ2n) is 5.02. The molecule has 2 heterocycles. The van der Waals surface area contributed by atoms with Crippen LogP contribution in [0.5, 0.6) is 11.5 Å². The third-order valence-electron chi connectivity index (χ3n) is 3.35. The Kier molecular flexibility index (Phi) is 4.04. The minimum atomic E-state index is -4.68. The minimum Gasteiger partial charge on any atom is -0.454 e. The van der Waals surface area contributed by atoms with Gasteiger partial charge in [0.15, 0.2) is 17.2 Å². The van der Waals surface area contributed by atoms with Crippen molar-refractivity contribution in [3.05, 3.63) is 34.6 Å². The number of rotatable bonds is 3. The first-order valence-corrected chi connectivity index (χ1v) is 7.13. The highest BCUT2D eigenvalue weighted by atomic mass is 35.5. The van der Waals surface area contributed by atoms with Crippen molar-refractivity contribution in [1.29, 1.82) is 0 Å². The van der Waals surface area contributed by atoms with Gasteiger partial charge in [-0.1, -0.05) is 11.6 Å². The van der Waals surface area contributed by atoms with Crippen molar-refractivity contribution in [3.8, 4) is 11.5 Å². The molecule has 0 spiro atoms. The van der Waals surface area contributed by atoms with Crippen molar-refractivity contribution in [2.45, 2.75) is 19.6 Å². The van der Waals surface area contributed by atoms with Gasteiger partial charge in [-0.2, -0.15) is 18.3 Å². The molecule has 0 unspecified atom stereocenters. The van der Waals surface area contributed by atoms with Gasteiger partial charge < -0.3 is 14.8 Å². The van der Waals surface area contributed by atoms with Crippen LogP contribution in [-0.4, -0.2) is 22.5 Å². The maximum absolute atomic E-state index is 12.8. The molecule has 0 radical (unpaired) electrons. The number of fused-ring (bicyclic) bond motifs is 1. The molecule has 0 saturated carbocycles. The molecule has 1 aromatic heterocycles. The van der Waals surface area contributed by atoms with E-state index >= 15 is 0 Å². The summed E-state index contributed by atoms with van der Waals surface area (Å²) in [6.07, 6.45) is -4.68. The highest BCUT2D eigenvalue weighted by Gasteiger charge is 2.38. The van der Waals surface area contributed by atoms with Crippen molar-refractivity contribution in [2.75, 3.05) is 12.1 Å². The molecule has 0 bridgehead atoms. The minimum absolute atomic E-state index is 0.0600. The van der Waals surface area contributed by atoms with E-state index in [0.717, 1.165) is 4.68 Å². The number of amides is 1. The predicted octanol–water partition coefficient (Wildman–Crippen LogP) is 3.23. The number of anilines is 1. The summed E-state index contributed by atoms with van der Waals surface area (Å²) in [4.78, 5) is 12.0. The van der Waals surface area contributed by atoms with Crippen molar-refractivity contribution in [3.63, 3.8) is 0 Å². The molecule has 1 aromatic carbocycles. The van der Waals surface area contributed by atoms with E-state index in [-0.39, 0.29) is 12.5 Å². The zero-order chi connectivity index (χ0) is 17.5. The highest BCUT2D eigenvalue weighted by Crippen LogP contribution is 2.36. The van der Waals surface area contributed by atoms with Crippen LogP contribution in [0.2, 0.25) is 5.02 Å². The number of hydrogen-bond acceptors (Lipinski definition) is 4. The first kappa shape index (κ1) is 16.4. The molecule has 128 valence electrons. The molecule has 1 amide bonds. The van der Waals surface area contributed by atoms with Crippen molar-refractivity contribution < 1.29 is 27.4 Å². The van der Waals surface area contributed by atoms with Gasteiger partial charge in [-0.05, 0) is 19.1 Å². The van der Waals surface area contributed by atoms with Gasteiger partial charge in [-0.3, -0.25) is 9.48 Å². The lowest BCUT2D eigenvalue weighted by Crippen LogP contribution is -2.20. The Labute approximate surface area is 139 Å². The SMILES string of the molecule is Cc1c(Cl)c(C(F)(F)F)nn1CC(=O)Nc1ccc2c(c1)OCO2. The molecule has 1 aliphatic heterocycles. The maximum Gasteiger partial charge on any atom is 0.436 e. The topological polar surface area (TPSA) is 65.4 Å². The average Bonchev–Trinajstić information content (AvgIpc) is 3.06. The fourth-order valence-electron chi connectivity index (χ4n) is 2.17. The van der Waals surface area contributed by atoms with Gasteiger partial charge in [0.1, 0.15) is 6.54 Å². The quantitative estimate of drug-likeness (QED) is 0.911. The third kappa shape index (κ3) is 3.12. The molecular weight excluding hydrogens is 351 g/mol.